The summed E-state index contributed by atoms with van der Waals surface area (Å²) in [6, 6.07) is 19.4. The van der Waals surface area contributed by atoms with Gasteiger partial charge in [0.25, 0.3) is 0 Å². The van der Waals surface area contributed by atoms with Gasteiger partial charge in [-0.25, -0.2) is 0 Å². The summed E-state index contributed by atoms with van der Waals surface area (Å²) in [5.41, 5.74) is 4.79. The van der Waals surface area contributed by atoms with Crippen molar-refractivity contribution < 1.29 is 4.79 Å². The fourth-order valence-corrected chi connectivity index (χ4v) is 1.94. The van der Waals surface area contributed by atoms with Gasteiger partial charge in [0.1, 0.15) is 0 Å². The monoisotopic (exact) mass is 302 g/mol. The summed E-state index contributed by atoms with van der Waals surface area (Å²) in [7, 11) is 0. The molecule has 0 aromatic heterocycles. The third-order valence-electron chi connectivity index (χ3n) is 2.92. The van der Waals surface area contributed by atoms with Gasteiger partial charge < -0.3 is 0 Å². The van der Waals surface area contributed by atoms with Crippen LogP contribution in [0.15, 0.2) is 65.8 Å². The molecule has 1 N–H and O–H groups in total. The molecule has 2 aromatic carbocycles. The van der Waals surface area contributed by atoms with E-state index in [-0.39, 0.29) is 18.2 Å². The molecule has 2 aromatic rings. The van der Waals surface area contributed by atoms with E-state index in [0.717, 1.165) is 11.4 Å². The lowest BCUT2D eigenvalue weighted by Gasteiger charge is -2.27. The zero-order chi connectivity index (χ0) is 13.9. The number of anilines is 2. The number of nitrogens with one attached hydrogen (secondary N) is 1. The summed E-state index contributed by atoms with van der Waals surface area (Å²) in [6.45, 7) is 1.49. The van der Waals surface area contributed by atoms with Crippen LogP contribution in [0.2, 0.25) is 0 Å². The normalized spacial score (nSPS) is 13.3. The molecule has 0 radical (unpaired) electrons. The van der Waals surface area contributed by atoms with Crippen LogP contribution in [0.1, 0.15) is 6.92 Å². The van der Waals surface area contributed by atoms with Gasteiger partial charge in [0.2, 0.25) is 5.84 Å². The number of benzene rings is 2. The van der Waals surface area contributed by atoms with Crippen LogP contribution in [0.25, 0.3) is 0 Å². The predicted molar refractivity (Wildman–Crippen MR) is 86.3 cm³/mol. The van der Waals surface area contributed by atoms with Crippen LogP contribution in [0.3, 0.4) is 0 Å². The molecule has 6 heteroatoms. The first-order valence-corrected chi connectivity index (χ1v) is 6.32. The Hall–Kier alpha value is -2.53. The molecule has 3 rings (SSSR count). The molecule has 0 saturated heterocycles. The van der Waals surface area contributed by atoms with Crippen molar-refractivity contribution in [2.24, 2.45) is 5.10 Å². The Morgan fingerprint density at radius 1 is 0.952 bits per heavy atom. The van der Waals surface area contributed by atoms with Crippen molar-refractivity contribution in [3.05, 3.63) is 60.7 Å². The number of hydrazine groups is 2. The van der Waals surface area contributed by atoms with Gasteiger partial charge >= 0.3 is 0 Å². The number of rotatable bonds is 3. The number of Topliss-reactive ketones (excluding diaryl/α,β-unsaturated/α-hetero) is 1. The Morgan fingerprint density at radius 2 is 1.48 bits per heavy atom. The van der Waals surface area contributed by atoms with Gasteiger partial charge in [0, 0.05) is 6.92 Å². The first-order valence-electron chi connectivity index (χ1n) is 6.32. The molecule has 0 aliphatic carbocycles. The molecule has 0 fully saturated rings. The second-order valence-electron chi connectivity index (χ2n) is 4.39. The SMILES string of the molecule is CC(=O)C1=NN(c2ccccc2)N(c2ccccc2)N1.Cl. The van der Waals surface area contributed by atoms with Crippen LogP contribution in [-0.4, -0.2) is 11.6 Å². The lowest BCUT2D eigenvalue weighted by molar-refractivity contribution is -0.111. The minimum atomic E-state index is -0.107. The minimum absolute atomic E-state index is 0. The van der Waals surface area contributed by atoms with E-state index < -0.39 is 0 Å². The van der Waals surface area contributed by atoms with Gasteiger partial charge in [-0.15, -0.1) is 17.5 Å². The molecule has 0 spiro atoms. The lowest BCUT2D eigenvalue weighted by Crippen LogP contribution is -2.45. The van der Waals surface area contributed by atoms with Crippen molar-refractivity contribution in [1.29, 1.82) is 0 Å². The number of amidine groups is 1. The molecule has 0 bridgehead atoms. The van der Waals surface area contributed by atoms with E-state index in [4.69, 9.17) is 0 Å². The number of para-hydroxylation sites is 2. The molecule has 5 nitrogen and oxygen atoms in total. The van der Waals surface area contributed by atoms with E-state index in [9.17, 15) is 4.79 Å². The number of halogens is 1. The molecule has 0 amide bonds. The maximum Gasteiger partial charge on any atom is 0.211 e. The quantitative estimate of drug-likeness (QED) is 0.947. The fraction of sp³-hybridized carbons (Fsp3) is 0.0667. The van der Waals surface area contributed by atoms with Gasteiger partial charge in [-0.3, -0.25) is 10.2 Å². The highest BCUT2D eigenvalue weighted by molar-refractivity contribution is 6.38. The number of ketones is 1. The average molecular weight is 303 g/mol. The Bertz CT molecular complexity index is 645. The number of carbonyl (C=O) groups excluding carboxylic acids is 1. The highest BCUT2D eigenvalue weighted by Gasteiger charge is 2.27. The van der Waals surface area contributed by atoms with Crippen molar-refractivity contribution in [3.63, 3.8) is 0 Å². The molecule has 0 atom stereocenters. The van der Waals surface area contributed by atoms with E-state index in [2.05, 4.69) is 10.5 Å². The summed E-state index contributed by atoms with van der Waals surface area (Å²) in [6.07, 6.45) is 0. The number of nitrogens with zero attached hydrogens (tertiary/aromatic N) is 3. The van der Waals surface area contributed by atoms with Crippen LogP contribution in [-0.2, 0) is 4.79 Å². The van der Waals surface area contributed by atoms with E-state index >= 15 is 0 Å². The third kappa shape index (κ3) is 2.98. The third-order valence-corrected chi connectivity index (χ3v) is 2.92. The van der Waals surface area contributed by atoms with Gasteiger partial charge in [-0.1, -0.05) is 36.4 Å². The van der Waals surface area contributed by atoms with Crippen molar-refractivity contribution in [2.75, 3.05) is 10.2 Å². The van der Waals surface area contributed by atoms with Crippen LogP contribution in [0.4, 0.5) is 11.4 Å². The maximum absolute atomic E-state index is 11.6. The lowest BCUT2D eigenvalue weighted by atomic mass is 10.3. The zero-order valence-electron chi connectivity index (χ0n) is 11.4. The van der Waals surface area contributed by atoms with Gasteiger partial charge in [0.15, 0.2) is 5.78 Å². The topological polar surface area (TPSA) is 47.9 Å². The van der Waals surface area contributed by atoms with E-state index in [1.54, 1.807) is 10.2 Å². The molecule has 0 saturated carbocycles. The number of hydrogen-bond donors (Lipinski definition) is 1. The minimum Gasteiger partial charge on any atom is -0.291 e. The largest absolute Gasteiger partial charge is 0.291 e. The summed E-state index contributed by atoms with van der Waals surface area (Å²) in [5, 5.41) is 7.75. The Morgan fingerprint density at radius 3 is 2.00 bits per heavy atom. The maximum atomic E-state index is 11.6. The smallest absolute Gasteiger partial charge is 0.211 e. The second-order valence-corrected chi connectivity index (χ2v) is 4.39. The van der Waals surface area contributed by atoms with Gasteiger partial charge in [0.05, 0.1) is 11.4 Å². The van der Waals surface area contributed by atoms with Crippen molar-refractivity contribution in [1.82, 2.24) is 5.43 Å². The number of hydrogen-bond acceptors (Lipinski definition) is 5. The summed E-state index contributed by atoms with van der Waals surface area (Å²) >= 11 is 0. The van der Waals surface area contributed by atoms with E-state index in [1.807, 2.05) is 60.7 Å². The second kappa shape index (κ2) is 6.28. The Labute approximate surface area is 129 Å². The Balaban J connectivity index is 0.00000161. The molecular weight excluding hydrogens is 288 g/mol. The van der Waals surface area contributed by atoms with Crippen molar-refractivity contribution in [3.8, 4) is 0 Å². The van der Waals surface area contributed by atoms with Crippen LogP contribution < -0.4 is 15.7 Å². The highest BCUT2D eigenvalue weighted by atomic mass is 35.5. The van der Waals surface area contributed by atoms with Gasteiger partial charge in [-0.05, 0) is 24.3 Å². The first kappa shape index (κ1) is 14.9. The number of hydrazone groups is 1. The zero-order valence-corrected chi connectivity index (χ0v) is 12.2. The molecule has 1 heterocycles. The molecule has 1 aliphatic heterocycles. The summed E-state index contributed by atoms with van der Waals surface area (Å²) < 4.78 is 0. The van der Waals surface area contributed by atoms with Gasteiger partial charge in [-0.2, -0.15) is 10.2 Å². The molecule has 1 aliphatic rings. The average Bonchev–Trinajstić information content (AvgIpc) is 2.94. The summed E-state index contributed by atoms with van der Waals surface area (Å²) in [4.78, 5) is 11.6. The predicted octanol–water partition coefficient (Wildman–Crippen LogP) is 2.76. The van der Waals surface area contributed by atoms with Crippen LogP contribution in [0.5, 0.6) is 0 Å². The van der Waals surface area contributed by atoms with E-state index in [0.29, 0.717) is 5.84 Å². The highest BCUT2D eigenvalue weighted by Crippen LogP contribution is 2.24. The fourth-order valence-electron chi connectivity index (χ4n) is 1.94. The number of carbonyl (C=O) groups is 1. The van der Waals surface area contributed by atoms with Crippen LogP contribution in [0, 0.1) is 0 Å². The van der Waals surface area contributed by atoms with Crippen LogP contribution >= 0.6 is 12.4 Å². The standard InChI is InChI=1S/C15H14N4O.ClH/c1-12(20)15-16-18(13-8-4-2-5-9-13)19(17-15)14-10-6-3-7-11-14;/h2-11H,1H3,(H,16,17);1H. The van der Waals surface area contributed by atoms with E-state index in [1.165, 1.54) is 6.92 Å². The molecular formula is C15H15ClN4O. The molecule has 108 valence electrons. The molecule has 0 unspecified atom stereocenters. The van der Waals surface area contributed by atoms with Crippen molar-refractivity contribution in [2.45, 2.75) is 6.92 Å². The summed E-state index contributed by atoms with van der Waals surface area (Å²) in [5.74, 6) is 0.210. The Kier molecular flexibility index (Phi) is 4.45. The first-order chi connectivity index (χ1) is 9.75. The van der Waals surface area contributed by atoms with Crippen molar-refractivity contribution >= 4 is 35.4 Å². The molecule has 21 heavy (non-hydrogen) atoms.